The van der Waals surface area contributed by atoms with E-state index in [1.165, 1.54) is 0 Å². The van der Waals surface area contributed by atoms with Gasteiger partial charge in [0.15, 0.2) is 0 Å². The van der Waals surface area contributed by atoms with E-state index in [1.807, 2.05) is 11.8 Å². The normalized spacial score (nSPS) is 15.0. The summed E-state index contributed by atoms with van der Waals surface area (Å²) in [5.74, 6) is 1.03. The van der Waals surface area contributed by atoms with E-state index in [0.29, 0.717) is 0 Å². The summed E-state index contributed by atoms with van der Waals surface area (Å²) < 4.78 is 33.5. The molecule has 0 aromatic rings. The standard InChI is InChI=1S/C19H46N2O6SSi2/c1-10-21(11-2)19(28-12-3,15-13-17-29(22-4,23-5)24-6)20-16-14-18-30(25-7,26-8)27-9/h20H,10-18H2,1-9H3. The van der Waals surface area contributed by atoms with Crippen LogP contribution in [0.3, 0.4) is 0 Å². The first kappa shape index (κ1) is 30.5. The molecule has 0 aliphatic carbocycles. The first-order chi connectivity index (χ1) is 14.4. The zero-order valence-electron chi connectivity index (χ0n) is 20.7. The largest absolute Gasteiger partial charge is 0.500 e. The van der Waals surface area contributed by atoms with Gasteiger partial charge in [-0.15, -0.1) is 11.8 Å². The van der Waals surface area contributed by atoms with Crippen LogP contribution < -0.4 is 5.32 Å². The van der Waals surface area contributed by atoms with Crippen LogP contribution in [-0.2, 0) is 26.6 Å². The maximum atomic E-state index is 5.61. The molecule has 0 aromatic heterocycles. The van der Waals surface area contributed by atoms with Gasteiger partial charge in [0.25, 0.3) is 0 Å². The van der Waals surface area contributed by atoms with Crippen LogP contribution in [0.25, 0.3) is 0 Å². The van der Waals surface area contributed by atoms with Crippen molar-refractivity contribution in [3.8, 4) is 0 Å². The Labute approximate surface area is 191 Å². The van der Waals surface area contributed by atoms with Gasteiger partial charge in [0.05, 0.1) is 0 Å². The predicted octanol–water partition coefficient (Wildman–Crippen LogP) is 3.25. The monoisotopic (exact) mass is 486 g/mol. The van der Waals surface area contributed by atoms with Crippen LogP contribution in [0.2, 0.25) is 12.1 Å². The van der Waals surface area contributed by atoms with Crippen LogP contribution in [0.5, 0.6) is 0 Å². The molecule has 0 aromatic carbocycles. The summed E-state index contributed by atoms with van der Waals surface area (Å²) in [6.45, 7) is 9.45. The van der Waals surface area contributed by atoms with E-state index in [2.05, 4.69) is 31.0 Å². The second kappa shape index (κ2) is 16.1. The molecule has 8 nitrogen and oxygen atoms in total. The van der Waals surface area contributed by atoms with Gasteiger partial charge in [-0.3, -0.25) is 10.2 Å². The van der Waals surface area contributed by atoms with Crippen molar-refractivity contribution in [3.05, 3.63) is 0 Å². The maximum Gasteiger partial charge on any atom is 0.500 e. The Morgan fingerprint density at radius 2 is 1.17 bits per heavy atom. The molecule has 1 atom stereocenters. The number of thioether (sulfide) groups is 1. The van der Waals surface area contributed by atoms with Gasteiger partial charge in [-0.1, -0.05) is 20.8 Å². The summed E-state index contributed by atoms with van der Waals surface area (Å²) in [4.78, 5) is 2.36. The lowest BCUT2D eigenvalue weighted by atomic mass is 10.2. The number of hydrogen-bond acceptors (Lipinski definition) is 9. The van der Waals surface area contributed by atoms with Crippen LogP contribution in [0.15, 0.2) is 0 Å². The molecule has 0 heterocycles. The molecule has 0 saturated carbocycles. The van der Waals surface area contributed by atoms with Gasteiger partial charge < -0.3 is 26.6 Å². The Morgan fingerprint density at radius 3 is 1.53 bits per heavy atom. The predicted molar refractivity (Wildman–Crippen MR) is 129 cm³/mol. The van der Waals surface area contributed by atoms with Crippen molar-refractivity contribution in [2.45, 2.75) is 57.1 Å². The molecule has 0 fully saturated rings. The molecule has 0 spiro atoms. The molecule has 0 bridgehead atoms. The SMILES string of the molecule is CCSC(CCC[Si](OC)(OC)OC)(NCCC[Si](OC)(OC)OC)N(CC)CC. The minimum absolute atomic E-state index is 0.148. The fourth-order valence-corrected chi connectivity index (χ4v) is 8.65. The highest BCUT2D eigenvalue weighted by atomic mass is 32.2. The summed E-state index contributed by atoms with van der Waals surface area (Å²) in [7, 11) is 4.90. The molecule has 0 amide bonds. The van der Waals surface area contributed by atoms with E-state index < -0.39 is 17.6 Å². The molecule has 0 rings (SSSR count). The van der Waals surface area contributed by atoms with E-state index >= 15 is 0 Å². The Morgan fingerprint density at radius 1 is 0.733 bits per heavy atom. The highest BCUT2D eigenvalue weighted by Crippen LogP contribution is 2.33. The van der Waals surface area contributed by atoms with Crippen molar-refractivity contribution >= 4 is 29.4 Å². The van der Waals surface area contributed by atoms with E-state index in [0.717, 1.165) is 56.7 Å². The minimum Gasteiger partial charge on any atom is -0.377 e. The number of nitrogens with zero attached hydrogens (tertiary/aromatic N) is 1. The topological polar surface area (TPSA) is 70.7 Å². The average molecular weight is 487 g/mol. The van der Waals surface area contributed by atoms with Gasteiger partial charge in [-0.05, 0) is 44.6 Å². The lowest BCUT2D eigenvalue weighted by Gasteiger charge is -2.44. The second-order valence-corrected chi connectivity index (χ2v) is 14.6. The van der Waals surface area contributed by atoms with Gasteiger partial charge >= 0.3 is 17.6 Å². The maximum absolute atomic E-state index is 5.61. The first-order valence-electron chi connectivity index (χ1n) is 10.8. The Balaban J connectivity index is 5.24. The molecule has 0 radical (unpaired) electrons. The Bertz CT molecular complexity index is 413. The Kier molecular flexibility index (Phi) is 16.4. The van der Waals surface area contributed by atoms with Gasteiger partial charge in [-0.2, -0.15) is 0 Å². The van der Waals surface area contributed by atoms with Crippen LogP contribution >= 0.6 is 11.8 Å². The lowest BCUT2D eigenvalue weighted by molar-refractivity contribution is 0.112. The summed E-state index contributed by atoms with van der Waals surface area (Å²) in [6, 6.07) is 1.57. The summed E-state index contributed by atoms with van der Waals surface area (Å²) in [5.41, 5.74) is 0. The highest BCUT2D eigenvalue weighted by Gasteiger charge is 2.41. The van der Waals surface area contributed by atoms with E-state index in [1.54, 1.807) is 42.7 Å². The molecule has 1 unspecified atom stereocenters. The zero-order valence-corrected chi connectivity index (χ0v) is 23.5. The molecule has 11 heteroatoms. The molecule has 0 aliphatic rings. The lowest BCUT2D eigenvalue weighted by Crippen LogP contribution is -2.57. The van der Waals surface area contributed by atoms with Gasteiger partial charge in [0.2, 0.25) is 0 Å². The molecule has 0 saturated heterocycles. The molecule has 30 heavy (non-hydrogen) atoms. The fraction of sp³-hybridized carbons (Fsp3) is 1.00. The summed E-state index contributed by atoms with van der Waals surface area (Å²) >= 11 is 1.96. The third-order valence-electron chi connectivity index (χ3n) is 5.58. The van der Waals surface area contributed by atoms with Crippen LogP contribution in [-0.4, -0.2) is 95.5 Å². The molecule has 182 valence electrons. The summed E-state index contributed by atoms with van der Waals surface area (Å²) in [6.07, 6.45) is 2.84. The van der Waals surface area contributed by atoms with Gasteiger partial charge in [0, 0.05) is 54.7 Å². The smallest absolute Gasteiger partial charge is 0.377 e. The quantitative estimate of drug-likeness (QED) is 0.159. The Hall–Kier alpha value is 0.464. The van der Waals surface area contributed by atoms with Crippen LogP contribution in [0, 0.1) is 0 Å². The van der Waals surface area contributed by atoms with Crippen LogP contribution in [0.1, 0.15) is 40.0 Å². The van der Waals surface area contributed by atoms with E-state index in [4.69, 9.17) is 26.6 Å². The van der Waals surface area contributed by atoms with Crippen molar-refractivity contribution < 1.29 is 26.6 Å². The van der Waals surface area contributed by atoms with Crippen molar-refractivity contribution in [2.24, 2.45) is 0 Å². The average Bonchev–Trinajstić information content (AvgIpc) is 2.78. The van der Waals surface area contributed by atoms with Crippen LogP contribution in [0.4, 0.5) is 0 Å². The zero-order chi connectivity index (χ0) is 23.1. The number of hydrogen-bond donors (Lipinski definition) is 1. The molecule has 0 aliphatic heterocycles. The molecular formula is C19H46N2O6SSi2. The van der Waals surface area contributed by atoms with Gasteiger partial charge in [0.1, 0.15) is 4.99 Å². The minimum atomic E-state index is -2.57. The number of nitrogens with one attached hydrogen (secondary N) is 1. The third-order valence-corrected chi connectivity index (χ3v) is 12.6. The molecule has 1 N–H and O–H groups in total. The van der Waals surface area contributed by atoms with E-state index in [-0.39, 0.29) is 4.99 Å². The van der Waals surface area contributed by atoms with E-state index in [9.17, 15) is 0 Å². The fourth-order valence-electron chi connectivity index (χ4n) is 3.79. The highest BCUT2D eigenvalue weighted by molar-refractivity contribution is 8.00. The van der Waals surface area contributed by atoms with Crippen molar-refractivity contribution in [2.75, 3.05) is 68.0 Å². The van der Waals surface area contributed by atoms with Gasteiger partial charge in [-0.25, -0.2) is 0 Å². The summed E-state index contributed by atoms with van der Waals surface area (Å²) in [5, 5.41) is 3.86. The second-order valence-electron chi connectivity index (χ2n) is 6.86. The first-order valence-corrected chi connectivity index (χ1v) is 15.7. The van der Waals surface area contributed by atoms with Crippen molar-refractivity contribution in [3.63, 3.8) is 0 Å². The van der Waals surface area contributed by atoms with Crippen molar-refractivity contribution in [1.29, 1.82) is 0 Å². The number of rotatable bonds is 20. The third kappa shape index (κ3) is 8.77. The van der Waals surface area contributed by atoms with Crippen molar-refractivity contribution in [1.82, 2.24) is 10.2 Å². The molecular weight excluding hydrogens is 440 g/mol.